The summed E-state index contributed by atoms with van der Waals surface area (Å²) in [6.07, 6.45) is -1.14. The van der Waals surface area contributed by atoms with Crippen molar-refractivity contribution < 1.29 is 13.2 Å². The smallest absolute Gasteiger partial charge is 0.383 e. The van der Waals surface area contributed by atoms with Gasteiger partial charge in [-0.25, -0.2) is 9.97 Å². The largest absolute Gasteiger partial charge is 0.418 e. The Labute approximate surface area is 148 Å². The minimum Gasteiger partial charge on any atom is -0.383 e. The number of nitrogens with one attached hydrogen (secondary N) is 3. The Bertz CT molecular complexity index is 799. The third-order valence-electron chi connectivity index (χ3n) is 4.24. The van der Waals surface area contributed by atoms with Crippen molar-refractivity contribution in [3.8, 4) is 0 Å². The van der Waals surface area contributed by atoms with Crippen molar-refractivity contribution in [2.75, 3.05) is 24.1 Å². The van der Waals surface area contributed by atoms with E-state index in [2.05, 4.69) is 20.6 Å². The highest BCUT2D eigenvalue weighted by atomic mass is 19.4. The maximum absolute atomic E-state index is 13.4. The fraction of sp³-hybridized carbons (Fsp3) is 0.353. The molecular weight excluding hydrogens is 345 g/mol. The summed E-state index contributed by atoms with van der Waals surface area (Å²) < 4.78 is 40.1. The van der Waals surface area contributed by atoms with Crippen LogP contribution in [0, 0.1) is 5.41 Å². The lowest BCUT2D eigenvalue weighted by Crippen LogP contribution is -2.29. The first-order valence-electron chi connectivity index (χ1n) is 8.21. The predicted molar refractivity (Wildman–Crippen MR) is 93.3 cm³/mol. The van der Waals surface area contributed by atoms with Crippen molar-refractivity contribution in [3.05, 3.63) is 47.3 Å². The summed E-state index contributed by atoms with van der Waals surface area (Å²) in [6, 6.07) is 5.45. The van der Waals surface area contributed by atoms with Crippen LogP contribution in [0.25, 0.3) is 0 Å². The molecule has 1 saturated heterocycles. The molecule has 1 aliphatic rings. The molecule has 3 rings (SSSR count). The first-order chi connectivity index (χ1) is 12.4. The van der Waals surface area contributed by atoms with Crippen LogP contribution in [0.15, 0.2) is 30.5 Å². The van der Waals surface area contributed by atoms with Crippen molar-refractivity contribution in [1.29, 1.82) is 5.41 Å². The molecule has 0 amide bonds. The van der Waals surface area contributed by atoms with Gasteiger partial charge in [-0.3, -0.25) is 5.41 Å². The normalized spacial score (nSPS) is 17.3. The summed E-state index contributed by atoms with van der Waals surface area (Å²) in [5, 5.41) is 14.5. The summed E-state index contributed by atoms with van der Waals surface area (Å²) in [4.78, 5) is 7.88. The lowest BCUT2D eigenvalue weighted by atomic mass is 10.0. The fourth-order valence-corrected chi connectivity index (χ4v) is 2.89. The summed E-state index contributed by atoms with van der Waals surface area (Å²) in [6.45, 7) is 1.49. The van der Waals surface area contributed by atoms with E-state index in [4.69, 9.17) is 11.1 Å². The molecule has 0 spiro atoms. The monoisotopic (exact) mass is 364 g/mol. The summed E-state index contributed by atoms with van der Waals surface area (Å²) in [7, 11) is 0. The molecule has 1 atom stereocenters. The van der Waals surface area contributed by atoms with E-state index < -0.39 is 23.1 Å². The standard InChI is InChI=1S/C17H19F3N6/c18-17(19,20)12-5-6-13(25-9-10-3-1-7-23-10)26-15(12)14(21)11-4-2-8-24-16(11)22/h2,4-6,8,10,21,23H,1,3,7,9H2,(H2,22,24)(H,25,26). The van der Waals surface area contributed by atoms with Gasteiger partial charge in [0.15, 0.2) is 0 Å². The van der Waals surface area contributed by atoms with Crippen molar-refractivity contribution in [1.82, 2.24) is 15.3 Å². The van der Waals surface area contributed by atoms with Crippen LogP contribution in [0.1, 0.15) is 29.7 Å². The zero-order valence-corrected chi connectivity index (χ0v) is 13.9. The van der Waals surface area contributed by atoms with Crippen molar-refractivity contribution in [2.24, 2.45) is 0 Å². The molecule has 6 nitrogen and oxygen atoms in total. The van der Waals surface area contributed by atoms with E-state index in [0.717, 1.165) is 25.5 Å². The second kappa shape index (κ2) is 7.28. The minimum atomic E-state index is -4.63. The van der Waals surface area contributed by atoms with Gasteiger partial charge in [-0.05, 0) is 43.7 Å². The predicted octanol–water partition coefficient (Wildman–Crippen LogP) is 2.66. The van der Waals surface area contributed by atoms with Gasteiger partial charge in [0.2, 0.25) is 0 Å². The zero-order valence-electron chi connectivity index (χ0n) is 13.9. The number of nitrogens with zero attached hydrogens (tertiary/aromatic N) is 2. The van der Waals surface area contributed by atoms with Crippen LogP contribution in [-0.2, 0) is 6.18 Å². The van der Waals surface area contributed by atoms with E-state index in [1.807, 2.05) is 0 Å². The molecule has 0 saturated carbocycles. The molecule has 0 aromatic carbocycles. The molecule has 3 heterocycles. The molecule has 9 heteroatoms. The molecule has 1 unspecified atom stereocenters. The van der Waals surface area contributed by atoms with E-state index in [1.54, 1.807) is 0 Å². The summed E-state index contributed by atoms with van der Waals surface area (Å²) in [5.41, 5.74) is 3.96. The lowest BCUT2D eigenvalue weighted by Gasteiger charge is -2.17. The molecule has 26 heavy (non-hydrogen) atoms. The number of pyridine rings is 2. The van der Waals surface area contributed by atoms with Crippen LogP contribution >= 0.6 is 0 Å². The number of nitrogen functional groups attached to an aromatic ring is 1. The van der Waals surface area contributed by atoms with E-state index >= 15 is 0 Å². The molecule has 0 bridgehead atoms. The van der Waals surface area contributed by atoms with E-state index in [0.29, 0.717) is 6.54 Å². The van der Waals surface area contributed by atoms with Gasteiger partial charge in [-0.2, -0.15) is 13.2 Å². The molecule has 0 radical (unpaired) electrons. The highest BCUT2D eigenvalue weighted by molar-refractivity contribution is 6.13. The molecular formula is C17H19F3N6. The number of alkyl halides is 3. The Hall–Kier alpha value is -2.68. The molecule has 138 valence electrons. The Morgan fingerprint density at radius 1 is 1.35 bits per heavy atom. The number of anilines is 2. The first kappa shape index (κ1) is 18.1. The SMILES string of the molecule is N=C(c1cccnc1N)c1nc(NCC2CCCN2)ccc1C(F)(F)F. The van der Waals surface area contributed by atoms with Crippen molar-refractivity contribution in [3.63, 3.8) is 0 Å². The fourth-order valence-electron chi connectivity index (χ4n) is 2.89. The van der Waals surface area contributed by atoms with Gasteiger partial charge in [-0.15, -0.1) is 0 Å². The third-order valence-corrected chi connectivity index (χ3v) is 4.24. The van der Waals surface area contributed by atoms with Crippen LogP contribution in [-0.4, -0.2) is 34.8 Å². The highest BCUT2D eigenvalue weighted by Gasteiger charge is 2.36. The maximum atomic E-state index is 13.4. The van der Waals surface area contributed by atoms with Crippen molar-refractivity contribution in [2.45, 2.75) is 25.1 Å². The van der Waals surface area contributed by atoms with Gasteiger partial charge >= 0.3 is 6.18 Å². The topological polar surface area (TPSA) is 99.7 Å². The number of nitrogens with two attached hydrogens (primary N) is 1. The quantitative estimate of drug-likeness (QED) is 0.611. The number of halogens is 3. The van der Waals surface area contributed by atoms with Gasteiger partial charge < -0.3 is 16.4 Å². The first-order valence-corrected chi connectivity index (χ1v) is 8.21. The molecule has 1 aliphatic heterocycles. The number of aromatic nitrogens is 2. The Morgan fingerprint density at radius 2 is 2.15 bits per heavy atom. The van der Waals surface area contributed by atoms with E-state index in [1.165, 1.54) is 24.4 Å². The van der Waals surface area contributed by atoms with Gasteiger partial charge in [0.1, 0.15) is 17.3 Å². The Balaban J connectivity index is 1.93. The van der Waals surface area contributed by atoms with Gasteiger partial charge in [0.05, 0.1) is 11.3 Å². The van der Waals surface area contributed by atoms with Crippen LogP contribution in [0.5, 0.6) is 0 Å². The van der Waals surface area contributed by atoms with Crippen LogP contribution < -0.4 is 16.4 Å². The maximum Gasteiger partial charge on any atom is 0.418 e. The van der Waals surface area contributed by atoms with Gasteiger partial charge in [-0.1, -0.05) is 0 Å². The molecule has 0 aliphatic carbocycles. The molecule has 2 aromatic heterocycles. The minimum absolute atomic E-state index is 0.0130. The van der Waals surface area contributed by atoms with Crippen LogP contribution in [0.3, 0.4) is 0 Å². The van der Waals surface area contributed by atoms with Gasteiger partial charge in [0, 0.05) is 24.3 Å². The van der Waals surface area contributed by atoms with Crippen LogP contribution in [0.2, 0.25) is 0 Å². The average Bonchev–Trinajstić information content (AvgIpc) is 3.12. The summed E-state index contributed by atoms with van der Waals surface area (Å²) >= 11 is 0. The van der Waals surface area contributed by atoms with Gasteiger partial charge in [0.25, 0.3) is 0 Å². The van der Waals surface area contributed by atoms with E-state index in [9.17, 15) is 13.2 Å². The molecule has 1 fully saturated rings. The van der Waals surface area contributed by atoms with E-state index in [-0.39, 0.29) is 23.2 Å². The lowest BCUT2D eigenvalue weighted by molar-refractivity contribution is -0.137. The van der Waals surface area contributed by atoms with Crippen LogP contribution in [0.4, 0.5) is 24.8 Å². The van der Waals surface area contributed by atoms with Crippen molar-refractivity contribution >= 4 is 17.3 Å². The summed E-state index contributed by atoms with van der Waals surface area (Å²) in [5.74, 6) is 0.273. The second-order valence-corrected chi connectivity index (χ2v) is 6.08. The highest BCUT2D eigenvalue weighted by Crippen LogP contribution is 2.33. The zero-order chi connectivity index (χ0) is 18.7. The molecule has 5 N–H and O–H groups in total. The number of rotatable bonds is 5. The molecule has 2 aromatic rings. The number of hydrogen-bond acceptors (Lipinski definition) is 6. The average molecular weight is 364 g/mol. The number of hydrogen-bond donors (Lipinski definition) is 4. The second-order valence-electron chi connectivity index (χ2n) is 6.08. The Morgan fingerprint density at radius 3 is 2.81 bits per heavy atom. The Kier molecular flexibility index (Phi) is 5.08. The third kappa shape index (κ3) is 3.93.